The first-order valence-electron chi connectivity index (χ1n) is 11.5. The fraction of sp³-hybridized carbons (Fsp3) is 1.00. The average molecular weight is 525 g/mol. The largest absolute Gasteiger partial charge is 1.00 e. The zero-order valence-electron chi connectivity index (χ0n) is 20.5. The van der Waals surface area contributed by atoms with Crippen molar-refractivity contribution in [2.45, 2.75) is 90.8 Å². The van der Waals surface area contributed by atoms with Crippen molar-refractivity contribution in [3.05, 3.63) is 0 Å². The van der Waals surface area contributed by atoms with Gasteiger partial charge in [0.05, 0.1) is 12.2 Å². The Labute approximate surface area is 243 Å². The van der Waals surface area contributed by atoms with Crippen LogP contribution in [-0.4, -0.2) is 38.1 Å². The summed E-state index contributed by atoms with van der Waals surface area (Å²) < 4.78 is 76.3. The van der Waals surface area contributed by atoms with Gasteiger partial charge in [0, 0.05) is 0 Å². The summed E-state index contributed by atoms with van der Waals surface area (Å²) in [5, 5.41) is 0. The topological polar surface area (TPSA) is 133 Å². The molecule has 0 aliphatic heterocycles. The molecule has 0 heterocycles. The van der Waals surface area contributed by atoms with E-state index in [0.29, 0.717) is 36.5 Å². The van der Waals surface area contributed by atoms with Crippen molar-refractivity contribution >= 4 is 20.8 Å². The standard InChI is InChI=1S/C21H36O8S2.2Na/c1-13(28-30(22,23)24)17-6-7-18-16-5-4-14-12-15(29-31(25,26)27)8-10-20(14,2)19(16)9-11-21(17,18)3;;/h13-19H,4-12H2,1-3H3,(H,22,23,24)(H,25,26,27);;/q;2*+1/p-2/t13-,14+,15+,16+,17-,18+,19+,20+,21-;;/m1../s1. The van der Waals surface area contributed by atoms with E-state index in [9.17, 15) is 25.9 Å². The minimum atomic E-state index is -4.72. The molecule has 180 valence electrons. The Hall–Kier alpha value is 1.74. The minimum absolute atomic E-state index is 0. The molecule has 9 atom stereocenters. The van der Waals surface area contributed by atoms with Gasteiger partial charge in [-0.2, -0.15) is 0 Å². The van der Waals surface area contributed by atoms with Gasteiger partial charge in [-0.25, -0.2) is 16.8 Å². The maximum atomic E-state index is 11.2. The molecule has 0 aromatic rings. The maximum absolute atomic E-state index is 11.2. The third-order valence-corrected chi connectivity index (χ3v) is 10.8. The van der Waals surface area contributed by atoms with Crippen LogP contribution in [0.2, 0.25) is 0 Å². The Morgan fingerprint density at radius 2 is 1.42 bits per heavy atom. The van der Waals surface area contributed by atoms with E-state index in [-0.39, 0.29) is 75.9 Å². The fourth-order valence-corrected chi connectivity index (χ4v) is 9.55. The second-order valence-corrected chi connectivity index (χ2v) is 13.0. The van der Waals surface area contributed by atoms with Crippen LogP contribution in [0.4, 0.5) is 0 Å². The van der Waals surface area contributed by atoms with E-state index < -0.39 is 33.0 Å². The van der Waals surface area contributed by atoms with E-state index in [0.717, 1.165) is 44.9 Å². The van der Waals surface area contributed by atoms with Gasteiger partial charge < -0.3 is 9.11 Å². The van der Waals surface area contributed by atoms with Crippen LogP contribution < -0.4 is 59.1 Å². The van der Waals surface area contributed by atoms with Gasteiger partial charge in [0.1, 0.15) is 0 Å². The molecule has 0 aromatic heterocycles. The molecule has 12 heteroatoms. The number of rotatable bonds is 5. The molecule has 4 rings (SSSR count). The molecule has 0 aromatic carbocycles. The summed E-state index contributed by atoms with van der Waals surface area (Å²) in [5.41, 5.74) is 0.0702. The molecule has 4 saturated carbocycles. The zero-order valence-corrected chi connectivity index (χ0v) is 26.1. The summed E-state index contributed by atoms with van der Waals surface area (Å²) in [6, 6.07) is 0. The smallest absolute Gasteiger partial charge is 0.726 e. The number of hydrogen-bond acceptors (Lipinski definition) is 8. The third kappa shape index (κ3) is 6.25. The minimum Gasteiger partial charge on any atom is -0.726 e. The zero-order chi connectivity index (χ0) is 22.8. The summed E-state index contributed by atoms with van der Waals surface area (Å²) in [6.07, 6.45) is 6.94. The summed E-state index contributed by atoms with van der Waals surface area (Å²) in [5.74, 6) is 1.96. The SMILES string of the molecule is C[C@@H](OS(=O)(=O)[O-])[C@H]1CC[C@H]2[C@@H]3CC[C@H]4C[C@@H](OS(=O)(=O)[O-])CC[C@]4(C)[C@H]3CC[C@]12C.[Na+].[Na+]. The molecule has 4 fully saturated rings. The van der Waals surface area contributed by atoms with Crippen LogP contribution in [0.1, 0.15) is 78.6 Å². The van der Waals surface area contributed by atoms with E-state index in [2.05, 4.69) is 13.8 Å². The van der Waals surface area contributed by atoms with Crippen LogP contribution in [0.5, 0.6) is 0 Å². The van der Waals surface area contributed by atoms with E-state index in [4.69, 9.17) is 8.37 Å². The van der Waals surface area contributed by atoms with Crippen LogP contribution in [0.25, 0.3) is 0 Å². The van der Waals surface area contributed by atoms with Gasteiger partial charge >= 0.3 is 59.1 Å². The van der Waals surface area contributed by atoms with Crippen molar-refractivity contribution in [1.82, 2.24) is 0 Å². The van der Waals surface area contributed by atoms with Crippen molar-refractivity contribution in [1.29, 1.82) is 0 Å². The molecule has 8 nitrogen and oxygen atoms in total. The molecular formula is C21H34Na2O8S2. The number of hydrogen-bond donors (Lipinski definition) is 0. The van der Waals surface area contributed by atoms with Crippen molar-refractivity contribution in [3.8, 4) is 0 Å². The molecule has 0 radical (unpaired) electrons. The van der Waals surface area contributed by atoms with Crippen LogP contribution >= 0.6 is 0 Å². The first-order valence-corrected chi connectivity index (χ1v) is 14.2. The predicted octanol–water partition coefficient (Wildman–Crippen LogP) is -2.64. The van der Waals surface area contributed by atoms with Crippen LogP contribution in [-0.2, 0) is 29.2 Å². The predicted molar refractivity (Wildman–Crippen MR) is 110 cm³/mol. The monoisotopic (exact) mass is 524 g/mol. The Morgan fingerprint density at radius 3 is 2.03 bits per heavy atom. The van der Waals surface area contributed by atoms with Crippen molar-refractivity contribution in [2.75, 3.05) is 0 Å². The number of fused-ring (bicyclic) bond motifs is 5. The third-order valence-electron chi connectivity index (χ3n) is 9.78. The summed E-state index contributed by atoms with van der Waals surface area (Å²) >= 11 is 0. The van der Waals surface area contributed by atoms with E-state index >= 15 is 0 Å². The Balaban J connectivity index is 0.00000193. The van der Waals surface area contributed by atoms with Crippen LogP contribution in [0.15, 0.2) is 0 Å². The Bertz CT molecular complexity index is 913. The quantitative estimate of drug-likeness (QED) is 0.217. The summed E-state index contributed by atoms with van der Waals surface area (Å²) in [4.78, 5) is 0. The molecule has 0 unspecified atom stereocenters. The molecule has 4 aliphatic carbocycles. The normalized spacial score (nSPS) is 43.8. The Morgan fingerprint density at radius 1 is 0.818 bits per heavy atom. The van der Waals surface area contributed by atoms with Crippen molar-refractivity contribution in [3.63, 3.8) is 0 Å². The molecule has 33 heavy (non-hydrogen) atoms. The second-order valence-electron chi connectivity index (χ2n) is 11.0. The van der Waals surface area contributed by atoms with Gasteiger partial charge in [0.2, 0.25) is 20.8 Å². The summed E-state index contributed by atoms with van der Waals surface area (Å²) in [7, 11) is -9.40. The molecular weight excluding hydrogens is 490 g/mol. The van der Waals surface area contributed by atoms with Crippen molar-refractivity contribution < 1.29 is 93.4 Å². The van der Waals surface area contributed by atoms with Gasteiger partial charge in [-0.15, -0.1) is 0 Å². The fourth-order valence-electron chi connectivity index (χ4n) is 8.54. The van der Waals surface area contributed by atoms with Gasteiger partial charge in [0.15, 0.2) is 0 Å². The van der Waals surface area contributed by atoms with E-state index in [1.165, 1.54) is 0 Å². The van der Waals surface area contributed by atoms with Crippen molar-refractivity contribution in [2.24, 2.45) is 40.4 Å². The molecule has 0 spiro atoms. The molecule has 0 bridgehead atoms. The first-order chi connectivity index (χ1) is 14.2. The van der Waals surface area contributed by atoms with Gasteiger partial charge in [-0.3, -0.25) is 8.37 Å². The first kappa shape index (κ1) is 31.0. The van der Waals surface area contributed by atoms with E-state index in [1.54, 1.807) is 6.92 Å². The van der Waals surface area contributed by atoms with Gasteiger partial charge in [0.25, 0.3) is 0 Å². The second kappa shape index (κ2) is 10.8. The molecule has 0 saturated heterocycles. The molecule has 4 aliphatic rings. The average Bonchev–Trinajstić information content (AvgIpc) is 2.97. The van der Waals surface area contributed by atoms with E-state index in [1.807, 2.05) is 0 Å². The molecule has 0 amide bonds. The van der Waals surface area contributed by atoms with Crippen LogP contribution in [0.3, 0.4) is 0 Å². The molecule has 0 N–H and O–H groups in total. The van der Waals surface area contributed by atoms with Gasteiger partial charge in [-0.05, 0) is 105 Å². The van der Waals surface area contributed by atoms with Gasteiger partial charge in [-0.1, -0.05) is 13.8 Å². The van der Waals surface area contributed by atoms with Crippen LogP contribution in [0, 0.1) is 40.4 Å². The maximum Gasteiger partial charge on any atom is 1.00 e. The summed E-state index contributed by atoms with van der Waals surface area (Å²) in [6.45, 7) is 6.30. The Kier molecular flexibility index (Phi) is 10.2.